The molecular weight excluding hydrogens is 224 g/mol. The van der Waals surface area contributed by atoms with E-state index in [9.17, 15) is 0 Å². The summed E-state index contributed by atoms with van der Waals surface area (Å²) in [4.78, 5) is 4.62. The molecule has 1 heterocycles. The van der Waals surface area contributed by atoms with Crippen LogP contribution in [0.1, 0.15) is 18.4 Å². The maximum atomic E-state index is 7.63. The normalized spacial score (nSPS) is 20.0. The summed E-state index contributed by atoms with van der Waals surface area (Å²) >= 11 is 0. The molecule has 98 valence electrons. The zero-order valence-electron chi connectivity index (χ0n) is 11.2. The predicted molar refractivity (Wildman–Crippen MR) is 76.4 cm³/mol. The highest BCUT2D eigenvalue weighted by molar-refractivity contribution is 6.00. The topological polar surface area (TPSA) is 56.4 Å². The van der Waals surface area contributed by atoms with E-state index in [1.165, 1.54) is 19.4 Å². The number of likely N-dealkylation sites (N-methyl/N-ethyl adjacent to an activating group) is 2. The molecule has 0 radical (unpaired) electrons. The van der Waals surface area contributed by atoms with Crippen LogP contribution in [0.5, 0.6) is 0 Å². The van der Waals surface area contributed by atoms with E-state index >= 15 is 0 Å². The summed E-state index contributed by atoms with van der Waals surface area (Å²) in [6, 6.07) is 8.47. The third-order valence-electron chi connectivity index (χ3n) is 3.76. The van der Waals surface area contributed by atoms with Gasteiger partial charge in [0.05, 0.1) is 0 Å². The lowest BCUT2D eigenvalue weighted by atomic mass is 10.1. The standard InChI is InChI=1S/C14H22N4/c1-17-9-5-6-11(17)10-18(2)13-8-4-3-7-12(13)14(15)16/h3-4,7-8,11H,5-6,9-10H2,1-2H3,(H3,15,16). The fourth-order valence-corrected chi connectivity index (χ4v) is 2.66. The van der Waals surface area contributed by atoms with E-state index in [4.69, 9.17) is 11.1 Å². The molecule has 2 rings (SSSR count). The second-order valence-electron chi connectivity index (χ2n) is 5.09. The number of benzene rings is 1. The van der Waals surface area contributed by atoms with Gasteiger partial charge < -0.3 is 15.5 Å². The largest absolute Gasteiger partial charge is 0.384 e. The maximum absolute atomic E-state index is 7.63. The van der Waals surface area contributed by atoms with Gasteiger partial charge in [-0.25, -0.2) is 0 Å². The van der Waals surface area contributed by atoms with Gasteiger partial charge in [-0.15, -0.1) is 0 Å². The van der Waals surface area contributed by atoms with E-state index < -0.39 is 0 Å². The summed E-state index contributed by atoms with van der Waals surface area (Å²) in [6.07, 6.45) is 2.53. The van der Waals surface area contributed by atoms with Crippen LogP contribution >= 0.6 is 0 Å². The van der Waals surface area contributed by atoms with Crippen molar-refractivity contribution in [1.82, 2.24) is 4.90 Å². The molecule has 4 nitrogen and oxygen atoms in total. The Morgan fingerprint density at radius 3 is 2.83 bits per heavy atom. The zero-order chi connectivity index (χ0) is 13.1. The van der Waals surface area contributed by atoms with Crippen molar-refractivity contribution in [3.05, 3.63) is 29.8 Å². The number of likely N-dealkylation sites (tertiary alicyclic amines) is 1. The first-order valence-corrected chi connectivity index (χ1v) is 6.44. The average molecular weight is 246 g/mol. The molecule has 1 unspecified atom stereocenters. The Kier molecular flexibility index (Phi) is 3.87. The van der Waals surface area contributed by atoms with Gasteiger partial charge in [0.25, 0.3) is 0 Å². The average Bonchev–Trinajstić information content (AvgIpc) is 2.75. The quantitative estimate of drug-likeness (QED) is 0.625. The lowest BCUT2D eigenvalue weighted by molar-refractivity contribution is 0.314. The first-order valence-electron chi connectivity index (χ1n) is 6.44. The van der Waals surface area contributed by atoms with Crippen molar-refractivity contribution in [2.75, 3.05) is 32.1 Å². The summed E-state index contributed by atoms with van der Waals surface area (Å²) in [5, 5.41) is 7.63. The molecule has 1 aliphatic rings. The van der Waals surface area contributed by atoms with Crippen molar-refractivity contribution in [3.8, 4) is 0 Å². The van der Waals surface area contributed by atoms with Gasteiger partial charge in [-0.1, -0.05) is 12.1 Å². The highest BCUT2D eigenvalue weighted by Crippen LogP contribution is 2.22. The minimum absolute atomic E-state index is 0.136. The summed E-state index contributed by atoms with van der Waals surface area (Å²) in [7, 11) is 4.26. The van der Waals surface area contributed by atoms with E-state index in [1.807, 2.05) is 24.3 Å². The van der Waals surface area contributed by atoms with E-state index in [1.54, 1.807) is 0 Å². The van der Waals surface area contributed by atoms with E-state index in [0.29, 0.717) is 6.04 Å². The number of nitrogens with zero attached hydrogens (tertiary/aromatic N) is 2. The molecule has 4 heteroatoms. The van der Waals surface area contributed by atoms with Gasteiger partial charge in [-0.3, -0.25) is 5.41 Å². The molecule has 0 saturated carbocycles. The lowest BCUT2D eigenvalue weighted by Crippen LogP contribution is -2.37. The summed E-state index contributed by atoms with van der Waals surface area (Å²) in [5.74, 6) is 0.136. The van der Waals surface area contributed by atoms with Gasteiger partial charge >= 0.3 is 0 Å². The van der Waals surface area contributed by atoms with E-state index in [-0.39, 0.29) is 5.84 Å². The van der Waals surface area contributed by atoms with Gasteiger partial charge in [-0.2, -0.15) is 0 Å². The van der Waals surface area contributed by atoms with Crippen LogP contribution in [0.4, 0.5) is 5.69 Å². The van der Waals surface area contributed by atoms with Crippen molar-refractivity contribution in [3.63, 3.8) is 0 Å². The molecule has 0 amide bonds. The Bertz CT molecular complexity index is 430. The molecule has 1 aliphatic heterocycles. The van der Waals surface area contributed by atoms with Crippen LogP contribution in [0.15, 0.2) is 24.3 Å². The molecule has 3 N–H and O–H groups in total. The minimum Gasteiger partial charge on any atom is -0.384 e. The van der Waals surface area contributed by atoms with Gasteiger partial charge in [-0.05, 0) is 38.6 Å². The Morgan fingerprint density at radius 2 is 2.22 bits per heavy atom. The molecule has 0 bridgehead atoms. The van der Waals surface area contributed by atoms with Crippen LogP contribution in [0.3, 0.4) is 0 Å². The van der Waals surface area contributed by atoms with Crippen LogP contribution in [-0.4, -0.2) is 44.0 Å². The monoisotopic (exact) mass is 246 g/mol. The van der Waals surface area contributed by atoms with Crippen LogP contribution in [0.2, 0.25) is 0 Å². The van der Waals surface area contributed by atoms with Crippen molar-refractivity contribution in [2.45, 2.75) is 18.9 Å². The molecule has 18 heavy (non-hydrogen) atoms. The molecule has 1 fully saturated rings. The number of rotatable bonds is 4. The Morgan fingerprint density at radius 1 is 1.50 bits per heavy atom. The number of para-hydroxylation sites is 1. The fourth-order valence-electron chi connectivity index (χ4n) is 2.66. The molecule has 0 aromatic heterocycles. The fraction of sp³-hybridized carbons (Fsp3) is 0.500. The van der Waals surface area contributed by atoms with Crippen molar-refractivity contribution < 1.29 is 0 Å². The third kappa shape index (κ3) is 2.64. The molecule has 1 atom stereocenters. The smallest absolute Gasteiger partial charge is 0.124 e. The lowest BCUT2D eigenvalue weighted by Gasteiger charge is -2.28. The third-order valence-corrected chi connectivity index (χ3v) is 3.76. The van der Waals surface area contributed by atoms with Crippen LogP contribution in [0, 0.1) is 5.41 Å². The second-order valence-corrected chi connectivity index (χ2v) is 5.09. The van der Waals surface area contributed by atoms with Crippen molar-refractivity contribution >= 4 is 11.5 Å². The molecule has 1 aromatic rings. The number of nitrogen functional groups attached to an aromatic ring is 1. The summed E-state index contributed by atoms with van der Waals surface area (Å²) < 4.78 is 0. The van der Waals surface area contributed by atoms with Crippen LogP contribution in [-0.2, 0) is 0 Å². The number of hydrogen-bond donors (Lipinski definition) is 2. The van der Waals surface area contributed by atoms with Crippen LogP contribution in [0.25, 0.3) is 0 Å². The number of nitrogens with one attached hydrogen (secondary N) is 1. The van der Waals surface area contributed by atoms with Gasteiger partial charge in [0.2, 0.25) is 0 Å². The Hall–Kier alpha value is -1.55. The molecule has 0 spiro atoms. The first kappa shape index (κ1) is 12.9. The second kappa shape index (κ2) is 5.40. The van der Waals surface area contributed by atoms with Gasteiger partial charge in [0, 0.05) is 30.9 Å². The number of anilines is 1. The van der Waals surface area contributed by atoms with E-state index in [0.717, 1.165) is 17.8 Å². The number of nitrogens with two attached hydrogens (primary N) is 1. The summed E-state index contributed by atoms with van der Waals surface area (Å²) in [5.41, 5.74) is 7.50. The molecular formula is C14H22N4. The maximum Gasteiger partial charge on any atom is 0.124 e. The van der Waals surface area contributed by atoms with Crippen LogP contribution < -0.4 is 10.6 Å². The summed E-state index contributed by atoms with van der Waals surface area (Å²) in [6.45, 7) is 2.17. The van der Waals surface area contributed by atoms with Crippen molar-refractivity contribution in [1.29, 1.82) is 5.41 Å². The molecule has 0 aliphatic carbocycles. The Balaban J connectivity index is 2.13. The zero-order valence-corrected chi connectivity index (χ0v) is 11.2. The molecule has 1 saturated heterocycles. The highest BCUT2D eigenvalue weighted by atomic mass is 15.2. The van der Waals surface area contributed by atoms with Gasteiger partial charge in [0.15, 0.2) is 0 Å². The SMILES string of the molecule is CN(CC1CCCN1C)c1ccccc1C(=N)N. The minimum atomic E-state index is 0.136. The molecule has 1 aromatic carbocycles. The van der Waals surface area contributed by atoms with E-state index in [2.05, 4.69) is 23.9 Å². The number of hydrogen-bond acceptors (Lipinski definition) is 3. The Labute approximate surface area is 109 Å². The highest BCUT2D eigenvalue weighted by Gasteiger charge is 2.23. The van der Waals surface area contributed by atoms with Crippen molar-refractivity contribution in [2.24, 2.45) is 5.73 Å². The van der Waals surface area contributed by atoms with Gasteiger partial charge in [0.1, 0.15) is 5.84 Å². The predicted octanol–water partition coefficient (Wildman–Crippen LogP) is 1.50. The first-order chi connectivity index (χ1) is 8.59. The number of amidine groups is 1.